The summed E-state index contributed by atoms with van der Waals surface area (Å²) < 4.78 is 5.13. The van der Waals surface area contributed by atoms with Gasteiger partial charge in [-0.25, -0.2) is 5.43 Å². The molecule has 4 saturated carbocycles. The SMILES string of the molecule is COc1ccc(C=NNC(=O)c2cc(C34CC5CC(CC(C5)C3)C4)[nH]n2)cc1. The van der Waals surface area contributed by atoms with Crippen LogP contribution in [-0.2, 0) is 5.41 Å². The molecule has 4 aliphatic carbocycles. The monoisotopic (exact) mass is 378 g/mol. The van der Waals surface area contributed by atoms with Crippen molar-refractivity contribution in [2.24, 2.45) is 22.9 Å². The number of nitrogens with zero attached hydrogens (tertiary/aromatic N) is 2. The number of aromatic amines is 1. The summed E-state index contributed by atoms with van der Waals surface area (Å²) in [7, 11) is 1.63. The van der Waals surface area contributed by atoms with E-state index < -0.39 is 0 Å². The van der Waals surface area contributed by atoms with Crippen LogP contribution in [0.25, 0.3) is 0 Å². The van der Waals surface area contributed by atoms with Crippen molar-refractivity contribution in [1.82, 2.24) is 15.6 Å². The number of hydrogen-bond donors (Lipinski definition) is 2. The van der Waals surface area contributed by atoms with Crippen molar-refractivity contribution in [2.45, 2.75) is 43.9 Å². The molecule has 6 nitrogen and oxygen atoms in total. The molecular weight excluding hydrogens is 352 g/mol. The van der Waals surface area contributed by atoms with E-state index >= 15 is 0 Å². The highest BCUT2D eigenvalue weighted by atomic mass is 16.5. The molecule has 0 aliphatic heterocycles. The van der Waals surface area contributed by atoms with Crippen molar-refractivity contribution >= 4 is 12.1 Å². The molecule has 6 heteroatoms. The molecule has 4 aliphatic rings. The van der Waals surface area contributed by atoms with Gasteiger partial charge in [0.1, 0.15) is 5.75 Å². The van der Waals surface area contributed by atoms with Gasteiger partial charge in [0.2, 0.25) is 0 Å². The van der Waals surface area contributed by atoms with E-state index in [4.69, 9.17) is 4.74 Å². The Morgan fingerprint density at radius 1 is 1.18 bits per heavy atom. The number of hydrazone groups is 1. The lowest BCUT2D eigenvalue weighted by Gasteiger charge is -2.56. The molecule has 1 aromatic carbocycles. The smallest absolute Gasteiger partial charge is 0.291 e. The zero-order valence-corrected chi connectivity index (χ0v) is 16.1. The van der Waals surface area contributed by atoms with Gasteiger partial charge in [-0.1, -0.05) is 0 Å². The lowest BCUT2D eigenvalue weighted by molar-refractivity contribution is -0.00721. The number of rotatable bonds is 5. The topological polar surface area (TPSA) is 79.4 Å². The number of amides is 1. The molecule has 2 N–H and O–H groups in total. The number of hydrogen-bond acceptors (Lipinski definition) is 4. The van der Waals surface area contributed by atoms with Crippen LogP contribution in [0.1, 0.15) is 60.3 Å². The Kier molecular flexibility index (Phi) is 4.22. The van der Waals surface area contributed by atoms with Gasteiger partial charge in [-0.3, -0.25) is 9.89 Å². The minimum Gasteiger partial charge on any atom is -0.497 e. The van der Waals surface area contributed by atoms with Crippen LogP contribution >= 0.6 is 0 Å². The Hall–Kier alpha value is -2.63. The van der Waals surface area contributed by atoms with Crippen LogP contribution in [0.15, 0.2) is 35.4 Å². The third-order valence-electron chi connectivity index (χ3n) is 6.92. The second kappa shape index (κ2) is 6.76. The van der Waals surface area contributed by atoms with Gasteiger partial charge < -0.3 is 4.74 Å². The first-order valence-corrected chi connectivity index (χ1v) is 10.2. The molecule has 2 aromatic rings. The van der Waals surface area contributed by atoms with Gasteiger partial charge in [0, 0.05) is 11.1 Å². The second-order valence-corrected chi connectivity index (χ2v) is 8.84. The molecule has 0 radical (unpaired) electrons. The van der Waals surface area contributed by atoms with E-state index in [1.165, 1.54) is 38.5 Å². The molecule has 1 heterocycles. The van der Waals surface area contributed by atoms with Crippen LogP contribution in [-0.4, -0.2) is 29.4 Å². The van der Waals surface area contributed by atoms with E-state index in [2.05, 4.69) is 20.7 Å². The van der Waals surface area contributed by atoms with E-state index in [9.17, 15) is 4.79 Å². The molecule has 0 saturated heterocycles. The molecule has 0 spiro atoms. The van der Waals surface area contributed by atoms with Gasteiger partial charge in [0.05, 0.1) is 13.3 Å². The van der Waals surface area contributed by atoms with Crippen LogP contribution in [0, 0.1) is 17.8 Å². The lowest BCUT2D eigenvalue weighted by Crippen LogP contribution is -2.48. The number of nitrogens with one attached hydrogen (secondary N) is 2. The van der Waals surface area contributed by atoms with Crippen LogP contribution < -0.4 is 10.2 Å². The van der Waals surface area contributed by atoms with Crippen LogP contribution in [0.2, 0.25) is 0 Å². The molecule has 4 bridgehead atoms. The quantitative estimate of drug-likeness (QED) is 0.616. The second-order valence-electron chi connectivity index (χ2n) is 8.84. The molecule has 146 valence electrons. The number of carbonyl (C=O) groups is 1. The number of carbonyl (C=O) groups excluding carboxylic acids is 1. The van der Waals surface area contributed by atoms with Gasteiger partial charge in [0.25, 0.3) is 5.91 Å². The van der Waals surface area contributed by atoms with Crippen LogP contribution in [0.5, 0.6) is 5.75 Å². The Bertz CT molecular complexity index is 864. The van der Waals surface area contributed by atoms with E-state index in [-0.39, 0.29) is 11.3 Å². The molecular formula is C22H26N4O2. The molecule has 6 rings (SSSR count). The van der Waals surface area contributed by atoms with Crippen molar-refractivity contribution < 1.29 is 9.53 Å². The summed E-state index contributed by atoms with van der Waals surface area (Å²) in [6.07, 6.45) is 9.57. The lowest BCUT2D eigenvalue weighted by atomic mass is 9.49. The molecule has 4 fully saturated rings. The van der Waals surface area contributed by atoms with Crippen molar-refractivity contribution in [1.29, 1.82) is 0 Å². The predicted molar refractivity (Wildman–Crippen MR) is 106 cm³/mol. The molecule has 1 amide bonds. The zero-order valence-electron chi connectivity index (χ0n) is 16.1. The predicted octanol–water partition coefficient (Wildman–Crippen LogP) is 3.65. The molecule has 1 aromatic heterocycles. The molecule has 0 atom stereocenters. The minimum atomic E-state index is -0.281. The summed E-state index contributed by atoms with van der Waals surface area (Å²) >= 11 is 0. The Morgan fingerprint density at radius 3 is 2.43 bits per heavy atom. The zero-order chi connectivity index (χ0) is 19.1. The van der Waals surface area contributed by atoms with Gasteiger partial charge in [-0.15, -0.1) is 0 Å². The van der Waals surface area contributed by atoms with Crippen molar-refractivity contribution in [3.8, 4) is 5.75 Å². The fourth-order valence-electron chi connectivity index (χ4n) is 6.06. The number of ether oxygens (including phenoxy) is 1. The van der Waals surface area contributed by atoms with Crippen molar-refractivity contribution in [2.75, 3.05) is 7.11 Å². The van der Waals surface area contributed by atoms with E-state index in [1.807, 2.05) is 30.3 Å². The fraction of sp³-hybridized carbons (Fsp3) is 0.500. The largest absolute Gasteiger partial charge is 0.497 e. The van der Waals surface area contributed by atoms with Crippen LogP contribution in [0.4, 0.5) is 0 Å². The van der Waals surface area contributed by atoms with Gasteiger partial charge >= 0.3 is 0 Å². The number of H-pyrrole nitrogens is 1. The standard InChI is InChI=1S/C22H26N4O2/c1-28-18-4-2-14(3-5-18)13-23-26-21(27)19-9-20(25-24-19)22-10-15-6-16(11-22)8-17(7-15)12-22/h2-5,9,13,15-17H,6-8,10-12H2,1H3,(H,24,25)(H,26,27). The Balaban J connectivity index is 1.26. The highest BCUT2D eigenvalue weighted by Gasteiger charge is 2.52. The average Bonchev–Trinajstić information content (AvgIpc) is 3.19. The van der Waals surface area contributed by atoms with Gasteiger partial charge in [0.15, 0.2) is 5.69 Å². The van der Waals surface area contributed by atoms with E-state index in [0.717, 1.165) is 34.8 Å². The maximum Gasteiger partial charge on any atom is 0.291 e. The molecule has 28 heavy (non-hydrogen) atoms. The summed E-state index contributed by atoms with van der Waals surface area (Å²) in [5.41, 5.74) is 5.24. The number of aromatic nitrogens is 2. The first-order valence-electron chi connectivity index (χ1n) is 10.2. The number of benzene rings is 1. The highest BCUT2D eigenvalue weighted by molar-refractivity contribution is 5.93. The first kappa shape index (κ1) is 17.5. The van der Waals surface area contributed by atoms with Crippen molar-refractivity contribution in [3.05, 3.63) is 47.3 Å². The summed E-state index contributed by atoms with van der Waals surface area (Å²) in [4.78, 5) is 12.4. The highest BCUT2D eigenvalue weighted by Crippen LogP contribution is 2.60. The first-order chi connectivity index (χ1) is 13.6. The summed E-state index contributed by atoms with van der Waals surface area (Å²) in [5, 5.41) is 11.5. The number of methoxy groups -OCH3 is 1. The van der Waals surface area contributed by atoms with Gasteiger partial charge in [-0.05, 0) is 92.2 Å². The Morgan fingerprint density at radius 2 is 1.82 bits per heavy atom. The maximum atomic E-state index is 12.4. The Labute approximate surface area is 164 Å². The minimum absolute atomic E-state index is 0.215. The molecule has 0 unspecified atom stereocenters. The van der Waals surface area contributed by atoms with E-state index in [1.54, 1.807) is 13.3 Å². The summed E-state index contributed by atoms with van der Waals surface area (Å²) in [6.45, 7) is 0. The van der Waals surface area contributed by atoms with Crippen LogP contribution in [0.3, 0.4) is 0 Å². The van der Waals surface area contributed by atoms with Gasteiger partial charge in [-0.2, -0.15) is 10.2 Å². The summed E-state index contributed by atoms with van der Waals surface area (Å²) in [6, 6.07) is 9.43. The third kappa shape index (κ3) is 3.11. The van der Waals surface area contributed by atoms with Crippen molar-refractivity contribution in [3.63, 3.8) is 0 Å². The van der Waals surface area contributed by atoms with E-state index in [0.29, 0.717) is 5.69 Å². The average molecular weight is 378 g/mol. The maximum absolute atomic E-state index is 12.4. The summed E-state index contributed by atoms with van der Waals surface area (Å²) in [5.74, 6) is 3.09. The third-order valence-corrected chi connectivity index (χ3v) is 6.92. The normalized spacial score (nSPS) is 30.7. The fourth-order valence-corrected chi connectivity index (χ4v) is 6.06.